The Morgan fingerprint density at radius 2 is 1.87 bits per heavy atom. The van der Waals surface area contributed by atoms with Gasteiger partial charge >= 0.3 is 0 Å². The summed E-state index contributed by atoms with van der Waals surface area (Å²) in [7, 11) is 1.72. The Labute approximate surface area is 90.5 Å². The minimum absolute atomic E-state index is 0.189. The Morgan fingerprint density at radius 3 is 2.27 bits per heavy atom. The molecule has 0 amide bonds. The van der Waals surface area contributed by atoms with Crippen molar-refractivity contribution in [3.63, 3.8) is 0 Å². The van der Waals surface area contributed by atoms with Crippen molar-refractivity contribution in [1.29, 1.82) is 0 Å². The van der Waals surface area contributed by atoms with Crippen LogP contribution in [-0.2, 0) is 11.2 Å². The van der Waals surface area contributed by atoms with Gasteiger partial charge in [-0.2, -0.15) is 0 Å². The quantitative estimate of drug-likeness (QED) is 0.773. The molecular weight excluding hydrogens is 193 g/mol. The number of likely N-dealkylation sites (N-methyl/N-ethyl adjacent to an activating group) is 1. The maximum atomic E-state index is 12.5. The molecule has 1 aromatic carbocycles. The van der Waals surface area contributed by atoms with Crippen LogP contribution in [0.15, 0.2) is 24.3 Å². The molecule has 0 heterocycles. The molecule has 0 fully saturated rings. The second-order valence-electron chi connectivity index (χ2n) is 2.86. The summed E-state index contributed by atoms with van der Waals surface area (Å²) < 4.78 is 12.5. The SMILES string of the molecule is CC.CN[C@H](C=O)Cc1ccc(F)cc1. The maximum absolute atomic E-state index is 12.5. The number of carbonyl (C=O) groups is 1. The van der Waals surface area contributed by atoms with Crippen LogP contribution in [0.4, 0.5) is 4.39 Å². The molecular formula is C12H18FNO. The fraction of sp³-hybridized carbons (Fsp3) is 0.417. The van der Waals surface area contributed by atoms with Crippen LogP contribution in [0.5, 0.6) is 0 Å². The Hall–Kier alpha value is -1.22. The average Bonchev–Trinajstić information content (AvgIpc) is 2.31. The molecule has 84 valence electrons. The summed E-state index contributed by atoms with van der Waals surface area (Å²) in [6, 6.07) is 5.97. The fourth-order valence-corrected chi connectivity index (χ4v) is 1.09. The van der Waals surface area contributed by atoms with Crippen molar-refractivity contribution in [1.82, 2.24) is 5.32 Å². The molecule has 0 unspecified atom stereocenters. The molecule has 1 aromatic rings. The topological polar surface area (TPSA) is 29.1 Å². The Kier molecular flexibility index (Phi) is 7.46. The van der Waals surface area contributed by atoms with Gasteiger partial charge < -0.3 is 10.1 Å². The molecule has 3 heteroatoms. The third kappa shape index (κ3) is 5.27. The summed E-state index contributed by atoms with van der Waals surface area (Å²) in [5, 5.41) is 2.85. The zero-order valence-corrected chi connectivity index (χ0v) is 9.46. The van der Waals surface area contributed by atoms with Crippen molar-refractivity contribution in [3.8, 4) is 0 Å². The highest BCUT2D eigenvalue weighted by atomic mass is 19.1. The number of hydrogen-bond donors (Lipinski definition) is 1. The lowest BCUT2D eigenvalue weighted by atomic mass is 10.1. The summed E-state index contributed by atoms with van der Waals surface area (Å²) >= 11 is 0. The van der Waals surface area contributed by atoms with E-state index in [4.69, 9.17) is 0 Å². The van der Waals surface area contributed by atoms with E-state index < -0.39 is 0 Å². The minimum Gasteiger partial charge on any atom is -0.311 e. The first-order valence-corrected chi connectivity index (χ1v) is 5.13. The molecule has 0 saturated heterocycles. The predicted molar refractivity (Wildman–Crippen MR) is 60.4 cm³/mol. The molecule has 0 aromatic heterocycles. The van der Waals surface area contributed by atoms with Crippen LogP contribution in [-0.4, -0.2) is 19.4 Å². The van der Waals surface area contributed by atoms with Gasteiger partial charge in [-0.3, -0.25) is 0 Å². The first-order valence-electron chi connectivity index (χ1n) is 5.13. The van der Waals surface area contributed by atoms with E-state index in [9.17, 15) is 9.18 Å². The number of rotatable bonds is 4. The highest BCUT2D eigenvalue weighted by molar-refractivity contribution is 5.58. The smallest absolute Gasteiger partial charge is 0.137 e. The van der Waals surface area contributed by atoms with Crippen LogP contribution in [0, 0.1) is 5.82 Å². The molecule has 0 radical (unpaired) electrons. The van der Waals surface area contributed by atoms with E-state index >= 15 is 0 Å². The van der Waals surface area contributed by atoms with Crippen LogP contribution >= 0.6 is 0 Å². The van der Waals surface area contributed by atoms with Crippen LogP contribution in [0.25, 0.3) is 0 Å². The summed E-state index contributed by atoms with van der Waals surface area (Å²) in [5.74, 6) is -0.254. The molecule has 0 bridgehead atoms. The molecule has 0 saturated carbocycles. The Bertz CT molecular complexity index is 271. The first kappa shape index (κ1) is 13.8. The number of halogens is 1. The molecule has 1 rings (SSSR count). The van der Waals surface area contributed by atoms with E-state index in [1.807, 2.05) is 13.8 Å². The summed E-state index contributed by atoms with van der Waals surface area (Å²) in [4.78, 5) is 10.5. The van der Waals surface area contributed by atoms with Gasteiger partial charge in [-0.05, 0) is 31.2 Å². The lowest BCUT2D eigenvalue weighted by Crippen LogP contribution is -2.28. The first-order chi connectivity index (χ1) is 7.26. The van der Waals surface area contributed by atoms with E-state index in [1.54, 1.807) is 19.2 Å². The van der Waals surface area contributed by atoms with Gasteiger partial charge in [-0.1, -0.05) is 26.0 Å². The lowest BCUT2D eigenvalue weighted by Gasteiger charge is -2.07. The number of nitrogens with one attached hydrogen (secondary N) is 1. The van der Waals surface area contributed by atoms with Crippen LogP contribution < -0.4 is 5.32 Å². The molecule has 2 nitrogen and oxygen atoms in total. The van der Waals surface area contributed by atoms with Crippen molar-refractivity contribution >= 4 is 6.29 Å². The van der Waals surface area contributed by atoms with Crippen LogP contribution in [0.3, 0.4) is 0 Å². The van der Waals surface area contributed by atoms with Gasteiger partial charge in [0.25, 0.3) is 0 Å². The third-order valence-corrected chi connectivity index (χ3v) is 1.90. The summed E-state index contributed by atoms with van der Waals surface area (Å²) in [6.07, 6.45) is 1.45. The molecule has 1 N–H and O–H groups in total. The van der Waals surface area contributed by atoms with E-state index in [0.29, 0.717) is 6.42 Å². The molecule has 1 atom stereocenters. The number of aldehydes is 1. The number of benzene rings is 1. The minimum atomic E-state index is -0.254. The van der Waals surface area contributed by atoms with E-state index in [0.717, 1.165) is 11.8 Å². The number of hydrogen-bond acceptors (Lipinski definition) is 2. The maximum Gasteiger partial charge on any atom is 0.137 e. The van der Waals surface area contributed by atoms with Crippen molar-refractivity contribution in [3.05, 3.63) is 35.6 Å². The standard InChI is InChI=1S/C10H12FNO.C2H6/c1-12-10(7-13)6-8-2-4-9(11)5-3-8;1-2/h2-5,7,10,12H,6H2,1H3;1-2H3/t10-;/m0./s1. The Balaban J connectivity index is 0.000000921. The molecule has 0 aliphatic heterocycles. The van der Waals surface area contributed by atoms with Crippen LogP contribution in [0.2, 0.25) is 0 Å². The van der Waals surface area contributed by atoms with E-state index in [2.05, 4.69) is 5.32 Å². The van der Waals surface area contributed by atoms with Gasteiger partial charge in [0, 0.05) is 0 Å². The molecule has 0 aliphatic carbocycles. The van der Waals surface area contributed by atoms with Crippen molar-refractivity contribution < 1.29 is 9.18 Å². The van der Waals surface area contributed by atoms with Crippen molar-refractivity contribution in [2.75, 3.05) is 7.05 Å². The van der Waals surface area contributed by atoms with Gasteiger partial charge in [0.15, 0.2) is 0 Å². The van der Waals surface area contributed by atoms with E-state index in [-0.39, 0.29) is 11.9 Å². The van der Waals surface area contributed by atoms with Crippen molar-refractivity contribution in [2.45, 2.75) is 26.3 Å². The zero-order chi connectivity index (χ0) is 11.7. The van der Waals surface area contributed by atoms with E-state index in [1.165, 1.54) is 12.1 Å². The van der Waals surface area contributed by atoms with Gasteiger partial charge in [0.05, 0.1) is 6.04 Å². The van der Waals surface area contributed by atoms with Crippen LogP contribution in [0.1, 0.15) is 19.4 Å². The second kappa shape index (κ2) is 8.12. The monoisotopic (exact) mass is 211 g/mol. The summed E-state index contributed by atoms with van der Waals surface area (Å²) in [6.45, 7) is 4.00. The molecule has 0 aliphatic rings. The average molecular weight is 211 g/mol. The highest BCUT2D eigenvalue weighted by Gasteiger charge is 2.04. The van der Waals surface area contributed by atoms with Gasteiger partial charge in [-0.25, -0.2) is 4.39 Å². The van der Waals surface area contributed by atoms with Gasteiger partial charge in [-0.15, -0.1) is 0 Å². The van der Waals surface area contributed by atoms with Crippen molar-refractivity contribution in [2.24, 2.45) is 0 Å². The highest BCUT2D eigenvalue weighted by Crippen LogP contribution is 2.04. The fourth-order valence-electron chi connectivity index (χ4n) is 1.09. The third-order valence-electron chi connectivity index (χ3n) is 1.90. The number of carbonyl (C=O) groups excluding carboxylic acids is 1. The molecule has 15 heavy (non-hydrogen) atoms. The zero-order valence-electron chi connectivity index (χ0n) is 9.46. The largest absolute Gasteiger partial charge is 0.311 e. The van der Waals surface area contributed by atoms with Gasteiger partial charge in [0.2, 0.25) is 0 Å². The second-order valence-corrected chi connectivity index (χ2v) is 2.86. The summed E-state index contributed by atoms with van der Waals surface area (Å²) in [5.41, 5.74) is 0.952. The predicted octanol–water partition coefficient (Wildman–Crippen LogP) is 2.18. The molecule has 0 spiro atoms. The van der Waals surface area contributed by atoms with Gasteiger partial charge in [0.1, 0.15) is 12.1 Å². The normalized spacial score (nSPS) is 11.2. The Morgan fingerprint density at radius 1 is 1.33 bits per heavy atom. The lowest BCUT2D eigenvalue weighted by molar-refractivity contribution is -0.109.